The van der Waals surface area contributed by atoms with Crippen molar-refractivity contribution in [1.29, 1.82) is 0 Å². The summed E-state index contributed by atoms with van der Waals surface area (Å²) in [6.07, 6.45) is 0. The number of amides is 2. The van der Waals surface area contributed by atoms with Gasteiger partial charge in [-0.05, 0) is 12.2 Å². The summed E-state index contributed by atoms with van der Waals surface area (Å²) in [6, 6.07) is -0.940. The number of aromatic nitrogens is 2. The highest BCUT2D eigenvalue weighted by Gasteiger charge is 2.54. The molecule has 1 fully saturated rings. The number of carbonyl (C=O) groups is 3. The van der Waals surface area contributed by atoms with Crippen LogP contribution in [-0.4, -0.2) is 87.5 Å². The molecule has 0 saturated carbocycles. The summed E-state index contributed by atoms with van der Waals surface area (Å²) in [6.45, 7) is 0.310. The number of alkyl halides is 2. The Kier molecular flexibility index (Phi) is 8.69. The average Bonchev–Trinajstić information content (AvgIpc) is 3.25. The lowest BCUT2D eigenvalue weighted by Gasteiger charge is -2.49. The lowest BCUT2D eigenvalue weighted by Crippen LogP contribution is -2.71. The maximum atomic E-state index is 12.9. The lowest BCUT2D eigenvalue weighted by molar-refractivity contribution is -0.149. The third kappa shape index (κ3) is 5.17. The highest BCUT2D eigenvalue weighted by Crippen LogP contribution is 2.42. The monoisotopic (exact) mass is 612 g/mol. The fourth-order valence-electron chi connectivity index (χ4n) is 2.85. The van der Waals surface area contributed by atoms with Gasteiger partial charge in [0.05, 0.1) is 0 Å². The topological polar surface area (TPSA) is 135 Å². The van der Waals surface area contributed by atoms with Gasteiger partial charge in [-0.2, -0.15) is 9.36 Å². The zero-order valence-corrected chi connectivity index (χ0v) is 21.4. The smallest absolute Gasteiger partial charge is 0.356 e. The second-order valence-corrected chi connectivity index (χ2v) is 10.1. The van der Waals surface area contributed by atoms with Crippen molar-refractivity contribution in [2.24, 2.45) is 5.16 Å². The van der Waals surface area contributed by atoms with Crippen LogP contribution in [0.15, 0.2) is 16.4 Å². The quantitative estimate of drug-likeness (QED) is 0.0796. The number of carbonyl (C=O) groups excluding carboxylic acids is 3. The van der Waals surface area contributed by atoms with Gasteiger partial charge in [-0.25, -0.2) is 9.18 Å². The van der Waals surface area contributed by atoms with E-state index in [1.165, 1.54) is 16.7 Å². The van der Waals surface area contributed by atoms with E-state index in [-0.39, 0.29) is 17.2 Å². The van der Waals surface area contributed by atoms with Crippen molar-refractivity contribution in [2.75, 3.05) is 36.1 Å². The highest BCUT2D eigenvalue weighted by atomic mass is 127. The van der Waals surface area contributed by atoms with Crippen LogP contribution in [0.1, 0.15) is 5.82 Å². The molecule has 1 saturated heterocycles. The summed E-state index contributed by atoms with van der Waals surface area (Å²) < 4.78 is 22.1. The largest absolute Gasteiger partial charge is 0.452 e. The van der Waals surface area contributed by atoms with Crippen LogP contribution >= 0.6 is 53.9 Å². The number of oxime groups is 1. The summed E-state index contributed by atoms with van der Waals surface area (Å²) in [5.74, 6) is -1.58. The van der Waals surface area contributed by atoms with Gasteiger partial charge in [0, 0.05) is 36.8 Å². The van der Waals surface area contributed by atoms with Gasteiger partial charge >= 0.3 is 5.97 Å². The maximum absolute atomic E-state index is 12.9. The van der Waals surface area contributed by atoms with Gasteiger partial charge in [-0.15, -0.1) is 11.8 Å². The summed E-state index contributed by atoms with van der Waals surface area (Å²) in [4.78, 5) is 48.0. The molecule has 0 bridgehead atoms. The van der Waals surface area contributed by atoms with Crippen LogP contribution in [0.4, 0.5) is 9.52 Å². The second-order valence-electron chi connectivity index (χ2n) is 6.22. The van der Waals surface area contributed by atoms with Gasteiger partial charge in [0.15, 0.2) is 7.57 Å². The average molecular weight is 612 g/mol. The molecule has 0 aliphatic carbocycles. The Morgan fingerprint density at radius 2 is 2.25 bits per heavy atom. The van der Waals surface area contributed by atoms with E-state index in [2.05, 4.69) is 52.6 Å². The summed E-state index contributed by atoms with van der Waals surface area (Å²) >= 11 is 4.47. The molecule has 17 heteroatoms. The molecule has 2 radical (unpaired) electrons. The number of fused-ring (bicyclic) bond motifs is 1. The maximum Gasteiger partial charge on any atom is 0.356 e. The molecule has 0 spiro atoms. The molecule has 2 aliphatic rings. The van der Waals surface area contributed by atoms with Crippen molar-refractivity contribution in [2.45, 2.75) is 11.4 Å². The minimum absolute atomic E-state index is 0.0826. The molecule has 3 atom stereocenters. The van der Waals surface area contributed by atoms with Gasteiger partial charge in [0.2, 0.25) is 16.7 Å². The molecule has 3 unspecified atom stereocenters. The van der Waals surface area contributed by atoms with E-state index in [0.29, 0.717) is 15.3 Å². The van der Waals surface area contributed by atoms with E-state index in [0.717, 1.165) is 17.1 Å². The first-order chi connectivity index (χ1) is 15.3. The molecule has 2 aliphatic heterocycles. The molecule has 32 heavy (non-hydrogen) atoms. The van der Waals surface area contributed by atoms with Crippen LogP contribution in [0.25, 0.3) is 0 Å². The van der Waals surface area contributed by atoms with E-state index in [1.807, 2.05) is 0 Å². The van der Waals surface area contributed by atoms with Crippen LogP contribution in [0.3, 0.4) is 0 Å². The molecule has 3 heterocycles. The van der Waals surface area contributed by atoms with Crippen molar-refractivity contribution < 1.29 is 28.1 Å². The SMILES string of the molecule is [B]P(C)OC(=O)C1=C(CI)CSC2C(NC(=O)/C(=N\OCF)c3nsc(NC)n3)C(=O)N12. The first-order valence-electron chi connectivity index (χ1n) is 8.84. The number of β-lactam (4-membered cyclic amide) rings is 1. The Labute approximate surface area is 206 Å². The number of rotatable bonds is 9. The van der Waals surface area contributed by atoms with Crippen molar-refractivity contribution in [3.63, 3.8) is 0 Å². The molecule has 11 nitrogen and oxygen atoms in total. The molecule has 2 N–H and O–H groups in total. The Hall–Kier alpha value is -1.52. The van der Waals surface area contributed by atoms with Crippen LogP contribution in [0, 0.1) is 0 Å². The van der Waals surface area contributed by atoms with E-state index >= 15 is 0 Å². The van der Waals surface area contributed by atoms with Gasteiger partial charge in [-0.3, -0.25) is 14.5 Å². The van der Waals surface area contributed by atoms with Crippen LogP contribution in [-0.2, 0) is 23.7 Å². The normalized spacial score (nSPS) is 21.4. The first kappa shape index (κ1) is 25.1. The highest BCUT2D eigenvalue weighted by molar-refractivity contribution is 14.1. The number of hydrogen-bond donors (Lipinski definition) is 2. The molecule has 1 aromatic rings. The van der Waals surface area contributed by atoms with Crippen molar-refractivity contribution in [1.82, 2.24) is 19.6 Å². The summed E-state index contributed by atoms with van der Waals surface area (Å²) in [5.41, 5.74) is 0.528. The number of hydrogen-bond acceptors (Lipinski definition) is 11. The van der Waals surface area contributed by atoms with E-state index in [4.69, 9.17) is 12.1 Å². The van der Waals surface area contributed by atoms with Crippen molar-refractivity contribution >= 4 is 90.1 Å². The van der Waals surface area contributed by atoms with Gasteiger partial charge < -0.3 is 20.0 Å². The minimum Gasteiger partial charge on any atom is -0.452 e. The number of halogens is 2. The first-order valence-corrected chi connectivity index (χ1v) is 14.0. The predicted molar refractivity (Wildman–Crippen MR) is 129 cm³/mol. The zero-order chi connectivity index (χ0) is 23.4. The van der Waals surface area contributed by atoms with Gasteiger partial charge in [-0.1, -0.05) is 27.7 Å². The Morgan fingerprint density at radius 1 is 1.50 bits per heavy atom. The lowest BCUT2D eigenvalue weighted by atomic mass is 10.0. The van der Waals surface area contributed by atoms with E-state index in [9.17, 15) is 18.8 Å². The number of thioether (sulfide) groups is 1. The number of nitrogens with zero attached hydrogens (tertiary/aromatic N) is 4. The predicted octanol–water partition coefficient (Wildman–Crippen LogP) is 0.970. The van der Waals surface area contributed by atoms with Crippen LogP contribution in [0.2, 0.25) is 0 Å². The molecule has 1 aromatic heterocycles. The third-order valence-corrected chi connectivity index (χ3v) is 7.63. The summed E-state index contributed by atoms with van der Waals surface area (Å²) in [5, 5.41) is 8.66. The fourth-order valence-corrected chi connectivity index (χ4v) is 6.06. The molecule has 2 amide bonds. The van der Waals surface area contributed by atoms with E-state index < -0.39 is 44.1 Å². The summed E-state index contributed by atoms with van der Waals surface area (Å²) in [7, 11) is 5.78. The number of nitrogens with one attached hydrogen (secondary N) is 2. The molecular weight excluding hydrogens is 596 g/mol. The minimum atomic E-state index is -1.46. The fraction of sp³-hybridized carbons (Fsp3) is 0.467. The van der Waals surface area contributed by atoms with Crippen molar-refractivity contribution in [3.8, 4) is 0 Å². The van der Waals surface area contributed by atoms with Crippen molar-refractivity contribution in [3.05, 3.63) is 17.1 Å². The van der Waals surface area contributed by atoms with E-state index in [1.54, 1.807) is 13.7 Å². The third-order valence-electron chi connectivity index (χ3n) is 4.19. The molecule has 0 aromatic carbocycles. The Balaban J connectivity index is 1.79. The second kappa shape index (κ2) is 11.1. The molecular formula is C15H16BFIN6O5PS2. The Morgan fingerprint density at radius 3 is 2.84 bits per heavy atom. The molecule has 3 rings (SSSR count). The van der Waals surface area contributed by atoms with Crippen LogP contribution in [0.5, 0.6) is 0 Å². The standard InChI is InChI=1S/C15H16BFIN6O5PS2/c1-19-15-21-10(23-32-15)7(22-28-5-17)11(25)20-8-12(26)24-9(14(27)29-30(2)16)6(3-18)4-31-13(8)24/h8,13H,3-5H2,1-2H3,(H,20,25)(H,19,21,23)/b22-7-. The Bertz CT molecular complexity index is 982. The van der Waals surface area contributed by atoms with Gasteiger partial charge in [0.25, 0.3) is 18.7 Å². The van der Waals surface area contributed by atoms with Crippen LogP contribution < -0.4 is 10.6 Å². The molecule has 170 valence electrons. The number of anilines is 1. The zero-order valence-electron chi connectivity index (χ0n) is 16.7. The van der Waals surface area contributed by atoms with Gasteiger partial charge in [0.1, 0.15) is 17.1 Å².